The number of hydrogen-bond donors (Lipinski definition) is 0. The van der Waals surface area contributed by atoms with Crippen molar-refractivity contribution in [1.29, 1.82) is 0 Å². The Kier molecular flexibility index (Phi) is 14.8. The van der Waals surface area contributed by atoms with Crippen LogP contribution in [0.1, 0.15) is 109 Å². The minimum Gasteiger partial charge on any atom is -0.493 e. The van der Waals surface area contributed by atoms with Gasteiger partial charge < -0.3 is 14.4 Å². The Labute approximate surface area is 417 Å². The van der Waals surface area contributed by atoms with E-state index in [4.69, 9.17) is 26.1 Å². The molecular formula is C55H61ClF3N5O5S. The maximum Gasteiger partial charge on any atom is 0.471 e. The van der Waals surface area contributed by atoms with E-state index >= 15 is 0 Å². The molecular weight excluding hydrogens is 935 g/mol. The number of pyridine rings is 1. The van der Waals surface area contributed by atoms with Crippen molar-refractivity contribution in [3.8, 4) is 5.75 Å². The standard InChI is InChI=1S/C55H61ClF3N5O5S/c1-36(34-69-47-17-22-60-46-14-7-9-37(2)50(46)47)27-41-30-40-16-15-39(33-62-23-25-63(26-24-62)49(65)32-43-35-70-48(61-43)29-38-10-5-4-6-11-38)28-45(40)53(41)18-20-54(21-19-53,52(67)68-3)64(51(66)55(57,58)59)44-13-8-12-42(56)31-44/h4-6,8,10-13,15-17,22,28,31,35-37,41H,7,9,14,18-21,23-27,29-30,32-34H2,1-3H3/t36-,37-,41+,53?,54?/m1/s1. The van der Waals surface area contributed by atoms with Gasteiger partial charge in [0.05, 0.1) is 30.8 Å². The lowest BCUT2D eigenvalue weighted by atomic mass is 9.59. The van der Waals surface area contributed by atoms with Crippen LogP contribution < -0.4 is 9.64 Å². The lowest BCUT2D eigenvalue weighted by Gasteiger charge is -2.51. The smallest absolute Gasteiger partial charge is 0.471 e. The van der Waals surface area contributed by atoms with Gasteiger partial charge in [-0.3, -0.25) is 24.4 Å². The number of fused-ring (bicyclic) bond motifs is 3. The fourth-order valence-corrected chi connectivity index (χ4v) is 13.0. The second-order valence-electron chi connectivity index (χ2n) is 20.0. The van der Waals surface area contributed by atoms with Crippen LogP contribution in [0.15, 0.2) is 90.4 Å². The fourth-order valence-electron chi connectivity index (χ4n) is 12.0. The van der Waals surface area contributed by atoms with Crippen molar-refractivity contribution >= 4 is 46.4 Å². The highest BCUT2D eigenvalue weighted by atomic mass is 35.5. The number of thiazole rings is 1. The molecule has 15 heteroatoms. The number of piperazine rings is 1. The molecule has 10 nitrogen and oxygen atoms in total. The third kappa shape index (κ3) is 10.4. The highest BCUT2D eigenvalue weighted by Gasteiger charge is 2.60. The molecule has 1 aliphatic heterocycles. The van der Waals surface area contributed by atoms with E-state index in [1.54, 1.807) is 11.3 Å². The largest absolute Gasteiger partial charge is 0.493 e. The second-order valence-corrected chi connectivity index (χ2v) is 21.4. The molecule has 3 aromatic carbocycles. The highest BCUT2D eigenvalue weighted by Crippen LogP contribution is 2.58. The Hall–Kier alpha value is -5.31. The third-order valence-corrected chi connectivity index (χ3v) is 16.6. The Morgan fingerprint density at radius 2 is 1.73 bits per heavy atom. The van der Waals surface area contributed by atoms with Crippen molar-refractivity contribution in [2.45, 2.75) is 114 Å². The first kappa shape index (κ1) is 49.7. The molecule has 0 bridgehead atoms. The molecule has 0 unspecified atom stereocenters. The fraction of sp³-hybridized carbons (Fsp3) is 0.473. The molecule has 0 radical (unpaired) electrons. The van der Waals surface area contributed by atoms with Crippen molar-refractivity contribution < 1.29 is 37.0 Å². The molecule has 1 saturated carbocycles. The number of rotatable bonds is 14. The Bertz CT molecular complexity index is 2680. The number of anilines is 1. The van der Waals surface area contributed by atoms with Crippen molar-refractivity contribution in [1.82, 2.24) is 19.8 Å². The van der Waals surface area contributed by atoms with Crippen LogP contribution in [0.5, 0.6) is 5.75 Å². The number of methoxy groups -OCH3 is 1. The van der Waals surface area contributed by atoms with Crippen LogP contribution >= 0.6 is 22.9 Å². The quantitative estimate of drug-likeness (QED) is 0.101. The minimum absolute atomic E-state index is 0.0503. The minimum atomic E-state index is -5.27. The first-order chi connectivity index (χ1) is 33.7. The summed E-state index contributed by atoms with van der Waals surface area (Å²) in [5, 5.41) is 3.11. The van der Waals surface area contributed by atoms with Crippen LogP contribution in [-0.2, 0) is 56.8 Å². The summed E-state index contributed by atoms with van der Waals surface area (Å²) < 4.78 is 55.8. The zero-order valence-corrected chi connectivity index (χ0v) is 41.7. The number of aromatic nitrogens is 2. The van der Waals surface area contributed by atoms with E-state index in [2.05, 4.69) is 54.1 Å². The molecule has 370 valence electrons. The summed E-state index contributed by atoms with van der Waals surface area (Å²) in [5.74, 6) is -1.52. The average molecular weight is 997 g/mol. The van der Waals surface area contributed by atoms with Crippen LogP contribution in [0.25, 0.3) is 0 Å². The van der Waals surface area contributed by atoms with Gasteiger partial charge >= 0.3 is 18.1 Å². The number of alkyl halides is 3. The Morgan fingerprint density at radius 3 is 2.46 bits per heavy atom. The van der Waals surface area contributed by atoms with Crippen molar-refractivity contribution in [3.63, 3.8) is 0 Å². The van der Waals surface area contributed by atoms with Gasteiger partial charge in [0.2, 0.25) is 5.91 Å². The van der Waals surface area contributed by atoms with Crippen LogP contribution in [0.4, 0.5) is 18.9 Å². The number of esters is 1. The maximum atomic E-state index is 14.6. The summed E-state index contributed by atoms with van der Waals surface area (Å²) in [4.78, 5) is 55.4. The Balaban J connectivity index is 0.940. The summed E-state index contributed by atoms with van der Waals surface area (Å²) in [6, 6.07) is 24.5. The number of halogens is 4. The van der Waals surface area contributed by atoms with Crippen LogP contribution in [-0.4, -0.2) is 89.2 Å². The van der Waals surface area contributed by atoms with Crippen molar-refractivity contribution in [2.24, 2.45) is 11.8 Å². The summed E-state index contributed by atoms with van der Waals surface area (Å²) >= 11 is 7.90. The number of carbonyl (C=O) groups excluding carboxylic acids is 3. The number of nitrogens with zero attached hydrogens (tertiary/aromatic N) is 5. The van der Waals surface area contributed by atoms with E-state index in [0.29, 0.717) is 63.0 Å². The summed E-state index contributed by atoms with van der Waals surface area (Å²) in [6.07, 6.45) is 2.84. The lowest BCUT2D eigenvalue weighted by molar-refractivity contribution is -0.174. The summed E-state index contributed by atoms with van der Waals surface area (Å²) in [5.41, 5.74) is 5.17. The van der Waals surface area contributed by atoms with E-state index in [1.165, 1.54) is 41.0 Å². The van der Waals surface area contributed by atoms with E-state index in [9.17, 15) is 27.6 Å². The molecule has 0 N–H and O–H groups in total. The predicted molar refractivity (Wildman–Crippen MR) is 265 cm³/mol. The molecule has 2 amide bonds. The van der Waals surface area contributed by atoms with Crippen molar-refractivity contribution in [3.05, 3.63) is 140 Å². The van der Waals surface area contributed by atoms with Crippen LogP contribution in [0.3, 0.4) is 0 Å². The first-order valence-corrected chi connectivity index (χ1v) is 25.9. The molecule has 1 spiro atoms. The molecule has 1 saturated heterocycles. The van der Waals surface area contributed by atoms with Gasteiger partial charge in [-0.1, -0.05) is 80.0 Å². The molecule has 9 rings (SSSR count). The van der Waals surface area contributed by atoms with Gasteiger partial charge in [0.25, 0.3) is 0 Å². The number of carbonyl (C=O) groups is 3. The number of aryl methyl sites for hydroxylation is 1. The maximum absolute atomic E-state index is 14.6. The Morgan fingerprint density at radius 1 is 0.957 bits per heavy atom. The van der Waals surface area contributed by atoms with E-state index < -0.39 is 29.0 Å². The van der Waals surface area contributed by atoms with E-state index in [1.807, 2.05) is 40.7 Å². The van der Waals surface area contributed by atoms with E-state index in [0.717, 1.165) is 78.9 Å². The van der Waals surface area contributed by atoms with Gasteiger partial charge in [-0.25, -0.2) is 9.78 Å². The molecule has 70 heavy (non-hydrogen) atoms. The number of amides is 2. The van der Waals surface area contributed by atoms with Crippen LogP contribution in [0.2, 0.25) is 5.02 Å². The number of benzene rings is 3. The molecule has 3 atom stereocenters. The predicted octanol–water partition coefficient (Wildman–Crippen LogP) is 10.7. The normalized spacial score (nSPS) is 22.8. The molecule has 2 aromatic heterocycles. The van der Waals surface area contributed by atoms with Gasteiger partial charge in [-0.15, -0.1) is 11.3 Å². The second kappa shape index (κ2) is 20.8. The molecule has 5 aromatic rings. The number of ether oxygens (including phenoxy) is 2. The number of hydrogen-bond acceptors (Lipinski definition) is 9. The highest BCUT2D eigenvalue weighted by molar-refractivity contribution is 7.09. The summed E-state index contributed by atoms with van der Waals surface area (Å²) in [7, 11) is 1.16. The van der Waals surface area contributed by atoms with Gasteiger partial charge in [0.1, 0.15) is 11.3 Å². The van der Waals surface area contributed by atoms with Gasteiger partial charge in [-0.05, 0) is 127 Å². The SMILES string of the molecule is COC(=O)C1(N(C(=O)C(F)(F)F)c2cccc(Cl)c2)CCC2(CC1)c1cc(CN3CCN(C(=O)Cc4csc(Cc5ccccc5)n4)CC3)ccc1C[C@@H]2C[C@@H](C)COc1ccnc2c1[C@H](C)CCC2. The molecule has 4 aliphatic rings. The van der Waals surface area contributed by atoms with E-state index in [-0.39, 0.29) is 47.7 Å². The topological polar surface area (TPSA) is 105 Å². The third-order valence-electron chi connectivity index (χ3n) is 15.5. The first-order valence-electron chi connectivity index (χ1n) is 24.6. The van der Waals surface area contributed by atoms with Gasteiger partial charge in [-0.2, -0.15) is 13.2 Å². The average Bonchev–Trinajstić information content (AvgIpc) is 3.91. The molecule has 3 aliphatic carbocycles. The summed E-state index contributed by atoms with van der Waals surface area (Å²) in [6.45, 7) is 8.19. The van der Waals surface area contributed by atoms with Crippen molar-refractivity contribution in [2.75, 3.05) is 44.8 Å². The molecule has 3 heterocycles. The van der Waals surface area contributed by atoms with Gasteiger partial charge in [0, 0.05) is 72.7 Å². The molecule has 2 fully saturated rings. The monoisotopic (exact) mass is 995 g/mol. The zero-order valence-electron chi connectivity index (χ0n) is 40.1. The zero-order chi connectivity index (χ0) is 49.2. The van der Waals surface area contributed by atoms with Gasteiger partial charge in [0.15, 0.2) is 0 Å². The van der Waals surface area contributed by atoms with Crippen LogP contribution in [0, 0.1) is 11.8 Å². The lowest BCUT2D eigenvalue weighted by Crippen LogP contribution is -2.63.